The lowest BCUT2D eigenvalue weighted by molar-refractivity contribution is 0.124. The van der Waals surface area contributed by atoms with Crippen LogP contribution in [0.5, 0.6) is 0 Å². The molecule has 2 aliphatic rings. The summed E-state index contributed by atoms with van der Waals surface area (Å²) in [6, 6.07) is 0. The third kappa shape index (κ3) is 1.93. The molecule has 1 N–H and O–H groups in total. The molecule has 0 aromatic heterocycles. The summed E-state index contributed by atoms with van der Waals surface area (Å²) in [4.78, 5) is 0. The molecule has 0 aromatic rings. The number of piperidine rings is 2. The molecule has 2 saturated heterocycles. The van der Waals surface area contributed by atoms with E-state index in [-0.39, 0.29) is 0 Å². The third-order valence-corrected chi connectivity index (χ3v) is 4.00. The third-order valence-electron chi connectivity index (χ3n) is 3.18. The average Bonchev–Trinajstić information content (AvgIpc) is 2.05. The van der Waals surface area contributed by atoms with Crippen molar-refractivity contribution in [1.82, 2.24) is 8.43 Å². The zero-order valence-electron chi connectivity index (χ0n) is 7.48. The van der Waals surface area contributed by atoms with Crippen LogP contribution in [-0.2, 0) is 0 Å². The zero-order chi connectivity index (χ0) is 8.44. The molecular weight excluding hydrogens is 263 g/mol. The van der Waals surface area contributed by atoms with E-state index in [0.29, 0.717) is 5.41 Å². The lowest BCUT2D eigenvalue weighted by Gasteiger charge is -2.43. The van der Waals surface area contributed by atoms with Crippen LogP contribution >= 0.6 is 22.9 Å². The van der Waals surface area contributed by atoms with Crippen LogP contribution in [0.3, 0.4) is 0 Å². The van der Waals surface area contributed by atoms with Gasteiger partial charge >= 0.3 is 0 Å². The molecule has 0 saturated carbocycles. The van der Waals surface area contributed by atoms with Gasteiger partial charge in [0.1, 0.15) is 0 Å². The highest BCUT2D eigenvalue weighted by atomic mass is 127. The Labute approximate surface area is 88.6 Å². The van der Waals surface area contributed by atoms with Gasteiger partial charge in [-0.3, -0.25) is 0 Å². The number of nitrogens with one attached hydrogen (secondary N) is 1. The first kappa shape index (κ1) is 9.21. The minimum atomic E-state index is 0.637. The summed E-state index contributed by atoms with van der Waals surface area (Å²) < 4.78 is 2.47. The molecule has 12 heavy (non-hydrogen) atoms. The summed E-state index contributed by atoms with van der Waals surface area (Å²) in [6.07, 6.45) is 5.66. The molecule has 0 aromatic carbocycles. The van der Waals surface area contributed by atoms with E-state index < -0.39 is 0 Å². The van der Waals surface area contributed by atoms with Crippen molar-refractivity contribution in [3.8, 4) is 0 Å². The summed E-state index contributed by atoms with van der Waals surface area (Å²) in [5, 5.41) is 3.54. The fourth-order valence-corrected chi connectivity index (χ4v) is 3.59. The van der Waals surface area contributed by atoms with Gasteiger partial charge in [-0.15, -0.1) is 0 Å². The molecular formula is C9H17IN2. The van der Waals surface area contributed by atoms with Crippen molar-refractivity contribution in [3.05, 3.63) is 0 Å². The van der Waals surface area contributed by atoms with E-state index in [9.17, 15) is 0 Å². The fourth-order valence-electron chi connectivity index (χ4n) is 2.53. The Morgan fingerprint density at radius 2 is 2.08 bits per heavy atom. The van der Waals surface area contributed by atoms with Crippen LogP contribution in [0.25, 0.3) is 0 Å². The molecule has 1 atom stereocenters. The van der Waals surface area contributed by atoms with Crippen molar-refractivity contribution < 1.29 is 0 Å². The van der Waals surface area contributed by atoms with E-state index in [0.717, 1.165) is 0 Å². The highest BCUT2D eigenvalue weighted by molar-refractivity contribution is 14.1. The highest BCUT2D eigenvalue weighted by Crippen LogP contribution is 2.36. The predicted molar refractivity (Wildman–Crippen MR) is 59.4 cm³/mol. The standard InChI is InChI=1S/C9H17IN2/c10-12-6-2-4-9(8-12)3-1-5-11-7-9/h11H,1-8H2. The summed E-state index contributed by atoms with van der Waals surface area (Å²) in [5.41, 5.74) is 0.637. The monoisotopic (exact) mass is 280 g/mol. The van der Waals surface area contributed by atoms with E-state index in [1.165, 1.54) is 51.9 Å². The van der Waals surface area contributed by atoms with Gasteiger partial charge in [-0.25, -0.2) is 3.11 Å². The maximum absolute atomic E-state index is 3.54. The van der Waals surface area contributed by atoms with Crippen molar-refractivity contribution >= 4 is 22.9 Å². The second kappa shape index (κ2) is 3.80. The number of nitrogens with zero attached hydrogens (tertiary/aromatic N) is 1. The quantitative estimate of drug-likeness (QED) is 0.537. The Hall–Kier alpha value is 0.650. The molecule has 0 radical (unpaired) electrons. The van der Waals surface area contributed by atoms with Crippen molar-refractivity contribution in [3.63, 3.8) is 0 Å². The first-order valence-electron chi connectivity index (χ1n) is 4.92. The molecule has 2 aliphatic heterocycles. The lowest BCUT2D eigenvalue weighted by atomic mass is 9.75. The van der Waals surface area contributed by atoms with Crippen LogP contribution in [0, 0.1) is 5.41 Å². The molecule has 2 nitrogen and oxygen atoms in total. The van der Waals surface area contributed by atoms with Crippen LogP contribution in [0.1, 0.15) is 25.7 Å². The number of hydrogen-bond acceptors (Lipinski definition) is 2. The van der Waals surface area contributed by atoms with Crippen LogP contribution < -0.4 is 5.32 Å². The van der Waals surface area contributed by atoms with Crippen molar-refractivity contribution in [2.45, 2.75) is 25.7 Å². The van der Waals surface area contributed by atoms with Gasteiger partial charge in [-0.2, -0.15) is 0 Å². The Bertz CT molecular complexity index is 149. The molecule has 0 bridgehead atoms. The number of rotatable bonds is 0. The minimum Gasteiger partial charge on any atom is -0.316 e. The van der Waals surface area contributed by atoms with Gasteiger partial charge in [0.2, 0.25) is 0 Å². The summed E-state index contributed by atoms with van der Waals surface area (Å²) in [7, 11) is 0. The fraction of sp³-hybridized carbons (Fsp3) is 1.00. The topological polar surface area (TPSA) is 15.3 Å². The Kier molecular flexibility index (Phi) is 2.92. The largest absolute Gasteiger partial charge is 0.316 e. The molecule has 2 fully saturated rings. The maximum Gasteiger partial charge on any atom is 0.0201 e. The van der Waals surface area contributed by atoms with Gasteiger partial charge < -0.3 is 5.32 Å². The minimum absolute atomic E-state index is 0.637. The van der Waals surface area contributed by atoms with Gasteiger partial charge in [0.25, 0.3) is 0 Å². The van der Waals surface area contributed by atoms with Gasteiger partial charge in [0.05, 0.1) is 0 Å². The first-order chi connectivity index (χ1) is 5.81. The molecule has 3 heteroatoms. The molecule has 2 heterocycles. The van der Waals surface area contributed by atoms with Crippen LogP contribution in [0.15, 0.2) is 0 Å². The van der Waals surface area contributed by atoms with E-state index >= 15 is 0 Å². The van der Waals surface area contributed by atoms with Crippen LogP contribution in [0.2, 0.25) is 0 Å². The van der Waals surface area contributed by atoms with E-state index in [1.54, 1.807) is 0 Å². The van der Waals surface area contributed by atoms with Gasteiger partial charge in [-0.05, 0) is 37.6 Å². The molecule has 1 unspecified atom stereocenters. The molecule has 2 rings (SSSR count). The predicted octanol–water partition coefficient (Wildman–Crippen LogP) is 1.80. The molecule has 0 amide bonds. The zero-order valence-corrected chi connectivity index (χ0v) is 9.64. The van der Waals surface area contributed by atoms with E-state index in [1.807, 2.05) is 0 Å². The van der Waals surface area contributed by atoms with Crippen molar-refractivity contribution in [1.29, 1.82) is 0 Å². The average molecular weight is 280 g/mol. The summed E-state index contributed by atoms with van der Waals surface area (Å²) in [5.74, 6) is 0. The maximum atomic E-state index is 3.54. The summed E-state index contributed by atoms with van der Waals surface area (Å²) >= 11 is 2.47. The van der Waals surface area contributed by atoms with Crippen LogP contribution in [-0.4, -0.2) is 29.3 Å². The lowest BCUT2D eigenvalue weighted by Crippen LogP contribution is -2.48. The van der Waals surface area contributed by atoms with Crippen molar-refractivity contribution in [2.24, 2.45) is 5.41 Å². The number of halogens is 1. The smallest absolute Gasteiger partial charge is 0.0201 e. The Morgan fingerprint density at radius 3 is 2.75 bits per heavy atom. The van der Waals surface area contributed by atoms with Crippen molar-refractivity contribution in [2.75, 3.05) is 26.2 Å². The Morgan fingerprint density at radius 1 is 1.25 bits per heavy atom. The molecule has 0 aliphatic carbocycles. The van der Waals surface area contributed by atoms with Gasteiger partial charge in [0.15, 0.2) is 0 Å². The normalized spacial score (nSPS) is 38.8. The first-order valence-corrected chi connectivity index (χ1v) is 5.89. The SMILES string of the molecule is IN1CCCC2(CCCNC2)C1. The van der Waals surface area contributed by atoms with E-state index in [2.05, 4.69) is 31.3 Å². The highest BCUT2D eigenvalue weighted by Gasteiger charge is 2.35. The number of hydrogen-bond donors (Lipinski definition) is 1. The second-order valence-electron chi connectivity index (χ2n) is 4.23. The van der Waals surface area contributed by atoms with E-state index in [4.69, 9.17) is 0 Å². The second-order valence-corrected chi connectivity index (χ2v) is 5.59. The molecule has 70 valence electrons. The van der Waals surface area contributed by atoms with Gasteiger partial charge in [-0.1, -0.05) is 0 Å². The van der Waals surface area contributed by atoms with Crippen LogP contribution in [0.4, 0.5) is 0 Å². The summed E-state index contributed by atoms with van der Waals surface area (Å²) in [6.45, 7) is 5.10. The molecule has 1 spiro atoms. The Balaban J connectivity index is 1.97. The van der Waals surface area contributed by atoms with Gasteiger partial charge in [0, 0.05) is 42.5 Å².